The minimum absolute atomic E-state index is 0.652. The zero-order valence-corrected chi connectivity index (χ0v) is 7.05. The summed E-state index contributed by atoms with van der Waals surface area (Å²) in [5.74, 6) is 0. The highest BCUT2D eigenvalue weighted by Crippen LogP contribution is 2.05. The number of hydrogen-bond acceptors (Lipinski definition) is 2. The number of aryl methyl sites for hydroxylation is 1. The van der Waals surface area contributed by atoms with Crippen LogP contribution in [0.2, 0.25) is 0 Å². The Morgan fingerprint density at radius 3 is 3.00 bits per heavy atom. The van der Waals surface area contributed by atoms with Crippen LogP contribution in [-0.2, 0) is 17.8 Å². The van der Waals surface area contributed by atoms with Gasteiger partial charge in [0.25, 0.3) is 0 Å². The molecule has 1 aromatic heterocycles. The van der Waals surface area contributed by atoms with Crippen LogP contribution in [0.25, 0.3) is 0 Å². The van der Waals surface area contributed by atoms with Crippen molar-refractivity contribution in [3.63, 3.8) is 0 Å². The molecular formula is C8H14N2O. The van der Waals surface area contributed by atoms with E-state index in [0.717, 1.165) is 18.7 Å². The first kappa shape index (κ1) is 8.27. The van der Waals surface area contributed by atoms with Crippen LogP contribution in [0.5, 0.6) is 0 Å². The molecule has 0 atom stereocenters. The van der Waals surface area contributed by atoms with E-state index in [1.54, 1.807) is 0 Å². The van der Waals surface area contributed by atoms with Gasteiger partial charge < -0.3 is 4.74 Å². The fourth-order valence-electron chi connectivity index (χ4n) is 0.972. The summed E-state index contributed by atoms with van der Waals surface area (Å²) in [4.78, 5) is 0. The Hall–Kier alpha value is -0.830. The number of aromatic nitrogens is 2. The minimum Gasteiger partial charge on any atom is -0.375 e. The average Bonchev–Trinajstić information content (AvgIpc) is 2.47. The fourth-order valence-corrected chi connectivity index (χ4v) is 0.972. The molecule has 3 nitrogen and oxygen atoms in total. The third kappa shape index (κ3) is 2.05. The van der Waals surface area contributed by atoms with Gasteiger partial charge in [-0.25, -0.2) is 0 Å². The standard InChI is InChI=1S/C8H14N2O/c1-3-7-5-9-10-8(7)6-11-4-2/h5H,3-4,6H2,1-2H3,(H,9,10). The monoisotopic (exact) mass is 154 g/mol. The zero-order chi connectivity index (χ0) is 8.10. The molecule has 0 aromatic carbocycles. The molecule has 3 heteroatoms. The van der Waals surface area contributed by atoms with Crippen LogP contribution in [0.4, 0.5) is 0 Å². The predicted molar refractivity (Wildman–Crippen MR) is 43.3 cm³/mol. The molecule has 0 aliphatic carbocycles. The minimum atomic E-state index is 0.652. The Morgan fingerprint density at radius 2 is 2.36 bits per heavy atom. The molecule has 11 heavy (non-hydrogen) atoms. The van der Waals surface area contributed by atoms with Crippen molar-refractivity contribution >= 4 is 0 Å². The Balaban J connectivity index is 2.54. The SMILES string of the molecule is CCOCc1[nH]ncc1CC. The number of nitrogens with zero attached hydrogens (tertiary/aromatic N) is 1. The molecule has 62 valence electrons. The third-order valence-electron chi connectivity index (χ3n) is 1.64. The van der Waals surface area contributed by atoms with E-state index >= 15 is 0 Å². The molecule has 0 aliphatic heterocycles. The van der Waals surface area contributed by atoms with Crippen molar-refractivity contribution < 1.29 is 4.74 Å². The van der Waals surface area contributed by atoms with Crippen LogP contribution in [-0.4, -0.2) is 16.8 Å². The van der Waals surface area contributed by atoms with Gasteiger partial charge in [0, 0.05) is 6.61 Å². The van der Waals surface area contributed by atoms with Gasteiger partial charge in [-0.05, 0) is 18.9 Å². The summed E-state index contributed by atoms with van der Waals surface area (Å²) in [7, 11) is 0. The summed E-state index contributed by atoms with van der Waals surface area (Å²) in [6, 6.07) is 0. The molecule has 0 amide bonds. The smallest absolute Gasteiger partial charge is 0.0884 e. The van der Waals surface area contributed by atoms with Gasteiger partial charge in [-0.1, -0.05) is 6.92 Å². The lowest BCUT2D eigenvalue weighted by atomic mass is 10.2. The highest BCUT2D eigenvalue weighted by Gasteiger charge is 2.00. The second-order valence-electron chi connectivity index (χ2n) is 2.36. The molecule has 0 fully saturated rings. The zero-order valence-electron chi connectivity index (χ0n) is 7.05. The number of ether oxygens (including phenoxy) is 1. The van der Waals surface area contributed by atoms with E-state index in [2.05, 4.69) is 17.1 Å². The lowest BCUT2D eigenvalue weighted by Crippen LogP contribution is -1.95. The summed E-state index contributed by atoms with van der Waals surface area (Å²) in [5.41, 5.74) is 2.35. The maximum atomic E-state index is 5.25. The van der Waals surface area contributed by atoms with Crippen molar-refractivity contribution in [2.75, 3.05) is 6.61 Å². The Labute approximate surface area is 66.8 Å². The van der Waals surface area contributed by atoms with E-state index in [-0.39, 0.29) is 0 Å². The van der Waals surface area contributed by atoms with Gasteiger partial charge in [0.1, 0.15) is 0 Å². The first-order valence-corrected chi connectivity index (χ1v) is 3.97. The normalized spacial score (nSPS) is 10.4. The van der Waals surface area contributed by atoms with Crippen LogP contribution < -0.4 is 0 Å². The van der Waals surface area contributed by atoms with E-state index in [1.165, 1.54) is 5.56 Å². The lowest BCUT2D eigenvalue weighted by Gasteiger charge is -1.99. The first-order valence-electron chi connectivity index (χ1n) is 3.97. The summed E-state index contributed by atoms with van der Waals surface area (Å²) < 4.78 is 5.25. The molecule has 1 heterocycles. The van der Waals surface area contributed by atoms with Crippen molar-refractivity contribution in [2.45, 2.75) is 26.9 Å². The van der Waals surface area contributed by atoms with Gasteiger partial charge in [-0.15, -0.1) is 0 Å². The number of rotatable bonds is 4. The van der Waals surface area contributed by atoms with Gasteiger partial charge >= 0.3 is 0 Å². The van der Waals surface area contributed by atoms with Gasteiger partial charge in [0.05, 0.1) is 18.5 Å². The number of H-pyrrole nitrogens is 1. The summed E-state index contributed by atoms with van der Waals surface area (Å²) in [6.45, 7) is 5.50. The molecule has 0 saturated heterocycles. The average molecular weight is 154 g/mol. The topological polar surface area (TPSA) is 37.9 Å². The summed E-state index contributed by atoms with van der Waals surface area (Å²) in [6.07, 6.45) is 2.87. The van der Waals surface area contributed by atoms with Crippen molar-refractivity contribution in [3.05, 3.63) is 17.5 Å². The van der Waals surface area contributed by atoms with Crippen LogP contribution in [0.15, 0.2) is 6.20 Å². The number of aromatic amines is 1. The second-order valence-corrected chi connectivity index (χ2v) is 2.36. The molecule has 0 aliphatic rings. The molecule has 0 spiro atoms. The van der Waals surface area contributed by atoms with Gasteiger partial charge in [-0.2, -0.15) is 5.10 Å². The van der Waals surface area contributed by atoms with Crippen molar-refractivity contribution in [2.24, 2.45) is 0 Å². The van der Waals surface area contributed by atoms with Gasteiger partial charge in [-0.3, -0.25) is 5.10 Å². The summed E-state index contributed by atoms with van der Waals surface area (Å²) >= 11 is 0. The van der Waals surface area contributed by atoms with Crippen molar-refractivity contribution in [1.82, 2.24) is 10.2 Å². The quantitative estimate of drug-likeness (QED) is 0.713. The molecular weight excluding hydrogens is 140 g/mol. The highest BCUT2D eigenvalue weighted by atomic mass is 16.5. The van der Waals surface area contributed by atoms with E-state index in [4.69, 9.17) is 4.74 Å². The van der Waals surface area contributed by atoms with Crippen molar-refractivity contribution in [3.8, 4) is 0 Å². The first-order chi connectivity index (χ1) is 5.38. The molecule has 1 aromatic rings. The molecule has 0 unspecified atom stereocenters. The molecule has 0 bridgehead atoms. The molecule has 1 N–H and O–H groups in total. The number of hydrogen-bond donors (Lipinski definition) is 1. The third-order valence-corrected chi connectivity index (χ3v) is 1.64. The predicted octanol–water partition coefficient (Wildman–Crippen LogP) is 1.51. The van der Waals surface area contributed by atoms with Crippen molar-refractivity contribution in [1.29, 1.82) is 0 Å². The van der Waals surface area contributed by atoms with Crippen LogP contribution in [0, 0.1) is 0 Å². The molecule has 0 saturated carbocycles. The number of nitrogens with one attached hydrogen (secondary N) is 1. The van der Waals surface area contributed by atoms with E-state index in [0.29, 0.717) is 6.61 Å². The fraction of sp³-hybridized carbons (Fsp3) is 0.625. The maximum absolute atomic E-state index is 5.25. The Bertz CT molecular complexity index is 208. The van der Waals surface area contributed by atoms with Crippen LogP contribution >= 0.6 is 0 Å². The Kier molecular flexibility index (Phi) is 3.11. The molecule has 1 rings (SSSR count). The maximum Gasteiger partial charge on any atom is 0.0884 e. The van der Waals surface area contributed by atoms with E-state index in [1.807, 2.05) is 13.1 Å². The molecule has 0 radical (unpaired) electrons. The highest BCUT2D eigenvalue weighted by molar-refractivity contribution is 5.14. The van der Waals surface area contributed by atoms with E-state index in [9.17, 15) is 0 Å². The van der Waals surface area contributed by atoms with Crippen LogP contribution in [0.3, 0.4) is 0 Å². The van der Waals surface area contributed by atoms with E-state index < -0.39 is 0 Å². The summed E-state index contributed by atoms with van der Waals surface area (Å²) in [5, 5.41) is 6.86. The lowest BCUT2D eigenvalue weighted by molar-refractivity contribution is 0.130. The second kappa shape index (κ2) is 4.13. The van der Waals surface area contributed by atoms with Gasteiger partial charge in [0.15, 0.2) is 0 Å². The Morgan fingerprint density at radius 1 is 1.55 bits per heavy atom. The largest absolute Gasteiger partial charge is 0.375 e. The van der Waals surface area contributed by atoms with Gasteiger partial charge in [0.2, 0.25) is 0 Å². The van der Waals surface area contributed by atoms with Crippen LogP contribution in [0.1, 0.15) is 25.1 Å².